The molecule has 0 aliphatic carbocycles. The molecule has 0 fully saturated rings. The van der Waals surface area contributed by atoms with Gasteiger partial charge in [-0.05, 0) is 19.1 Å². The molecule has 1 aromatic carbocycles. The SMILES string of the molecule is CCOc1cccc(OC)c1S(N)=O. The number of methoxy groups -OCH3 is 1. The van der Waals surface area contributed by atoms with Gasteiger partial charge in [-0.1, -0.05) is 6.07 Å². The highest BCUT2D eigenvalue weighted by atomic mass is 32.2. The van der Waals surface area contributed by atoms with Crippen LogP contribution in [-0.4, -0.2) is 17.9 Å². The van der Waals surface area contributed by atoms with E-state index in [0.29, 0.717) is 23.0 Å². The second-order valence-corrected chi connectivity index (χ2v) is 3.52. The van der Waals surface area contributed by atoms with Gasteiger partial charge in [0.05, 0.1) is 13.7 Å². The fourth-order valence-corrected chi connectivity index (χ4v) is 1.80. The lowest BCUT2D eigenvalue weighted by molar-refractivity contribution is 0.324. The van der Waals surface area contributed by atoms with Gasteiger partial charge in [0.1, 0.15) is 27.4 Å². The average Bonchev–Trinajstić information content (AvgIpc) is 2.17. The molecule has 78 valence electrons. The molecular weight excluding hydrogens is 202 g/mol. The topological polar surface area (TPSA) is 61.6 Å². The van der Waals surface area contributed by atoms with Gasteiger partial charge in [0.2, 0.25) is 0 Å². The van der Waals surface area contributed by atoms with Crippen LogP contribution in [-0.2, 0) is 11.0 Å². The third-order valence-corrected chi connectivity index (χ3v) is 2.47. The monoisotopic (exact) mass is 215 g/mol. The highest BCUT2D eigenvalue weighted by Crippen LogP contribution is 2.30. The first kappa shape index (κ1) is 11.0. The fourth-order valence-electron chi connectivity index (χ4n) is 1.12. The Balaban J connectivity index is 3.20. The molecule has 2 N–H and O–H groups in total. The molecule has 0 aliphatic heterocycles. The summed E-state index contributed by atoms with van der Waals surface area (Å²) >= 11 is 0. The molecule has 4 nitrogen and oxygen atoms in total. The van der Waals surface area contributed by atoms with Crippen molar-refractivity contribution in [2.75, 3.05) is 13.7 Å². The van der Waals surface area contributed by atoms with Crippen LogP contribution in [0.2, 0.25) is 0 Å². The average molecular weight is 215 g/mol. The molecular formula is C9H13NO3S. The van der Waals surface area contributed by atoms with E-state index in [1.165, 1.54) is 7.11 Å². The summed E-state index contributed by atoms with van der Waals surface area (Å²) in [6.07, 6.45) is 0. The number of ether oxygens (including phenoxy) is 2. The van der Waals surface area contributed by atoms with Crippen molar-refractivity contribution >= 4 is 11.0 Å². The zero-order chi connectivity index (χ0) is 10.6. The smallest absolute Gasteiger partial charge is 0.140 e. The third kappa shape index (κ3) is 2.24. The van der Waals surface area contributed by atoms with Crippen LogP contribution in [0.3, 0.4) is 0 Å². The molecule has 1 unspecified atom stereocenters. The normalized spacial score (nSPS) is 12.2. The van der Waals surface area contributed by atoms with E-state index in [9.17, 15) is 4.21 Å². The number of nitrogens with two attached hydrogens (primary N) is 1. The molecule has 0 amide bonds. The fraction of sp³-hybridized carbons (Fsp3) is 0.333. The summed E-state index contributed by atoms with van der Waals surface area (Å²) in [5.74, 6) is 0.990. The molecule has 1 aromatic rings. The van der Waals surface area contributed by atoms with E-state index in [1.807, 2.05) is 6.92 Å². The van der Waals surface area contributed by atoms with Crippen molar-refractivity contribution < 1.29 is 13.7 Å². The minimum atomic E-state index is -1.60. The quantitative estimate of drug-likeness (QED) is 0.817. The van der Waals surface area contributed by atoms with Crippen LogP contribution in [0.1, 0.15) is 6.92 Å². The lowest BCUT2D eigenvalue weighted by Crippen LogP contribution is -2.07. The third-order valence-electron chi connectivity index (χ3n) is 1.66. The van der Waals surface area contributed by atoms with Crippen LogP contribution in [0, 0.1) is 0 Å². The zero-order valence-corrected chi connectivity index (χ0v) is 8.97. The Morgan fingerprint density at radius 1 is 1.43 bits per heavy atom. The predicted octanol–water partition coefficient (Wildman–Crippen LogP) is 1.08. The molecule has 0 radical (unpaired) electrons. The zero-order valence-electron chi connectivity index (χ0n) is 8.15. The Hall–Kier alpha value is -1.07. The van der Waals surface area contributed by atoms with Crippen molar-refractivity contribution in [1.29, 1.82) is 0 Å². The molecule has 0 aliphatic rings. The number of hydrogen-bond donors (Lipinski definition) is 1. The first-order valence-corrected chi connectivity index (χ1v) is 5.38. The molecule has 0 heterocycles. The van der Waals surface area contributed by atoms with Gasteiger partial charge in [0.25, 0.3) is 0 Å². The van der Waals surface area contributed by atoms with E-state index < -0.39 is 11.0 Å². The van der Waals surface area contributed by atoms with Crippen LogP contribution in [0.4, 0.5) is 0 Å². The van der Waals surface area contributed by atoms with E-state index >= 15 is 0 Å². The molecule has 0 aromatic heterocycles. The number of benzene rings is 1. The Labute approximate surface area is 85.6 Å². The minimum Gasteiger partial charge on any atom is -0.495 e. The van der Waals surface area contributed by atoms with Crippen molar-refractivity contribution in [3.63, 3.8) is 0 Å². The maximum Gasteiger partial charge on any atom is 0.140 e. The van der Waals surface area contributed by atoms with Gasteiger partial charge in [-0.15, -0.1) is 0 Å². The Kier molecular flexibility index (Phi) is 3.91. The van der Waals surface area contributed by atoms with Gasteiger partial charge in [-0.25, -0.2) is 9.35 Å². The summed E-state index contributed by atoms with van der Waals surface area (Å²) in [6.45, 7) is 2.35. The molecule has 1 rings (SSSR count). The van der Waals surface area contributed by atoms with E-state index in [4.69, 9.17) is 14.6 Å². The van der Waals surface area contributed by atoms with E-state index in [2.05, 4.69) is 0 Å². The van der Waals surface area contributed by atoms with Crippen LogP contribution < -0.4 is 14.6 Å². The summed E-state index contributed by atoms with van der Waals surface area (Å²) in [5.41, 5.74) is 0. The van der Waals surface area contributed by atoms with Crippen molar-refractivity contribution in [1.82, 2.24) is 0 Å². The Morgan fingerprint density at radius 2 is 2.07 bits per heavy atom. The maximum atomic E-state index is 11.2. The van der Waals surface area contributed by atoms with Crippen molar-refractivity contribution in [3.8, 4) is 11.5 Å². The first-order chi connectivity index (χ1) is 6.70. The van der Waals surface area contributed by atoms with Gasteiger partial charge < -0.3 is 9.47 Å². The van der Waals surface area contributed by atoms with Crippen LogP contribution in [0.15, 0.2) is 23.1 Å². The van der Waals surface area contributed by atoms with Crippen LogP contribution in [0.25, 0.3) is 0 Å². The Bertz CT molecular complexity index is 341. The van der Waals surface area contributed by atoms with Gasteiger partial charge >= 0.3 is 0 Å². The summed E-state index contributed by atoms with van der Waals surface area (Å²) < 4.78 is 21.6. The molecule has 5 heteroatoms. The van der Waals surface area contributed by atoms with E-state index in [1.54, 1.807) is 18.2 Å². The largest absolute Gasteiger partial charge is 0.495 e. The molecule has 1 atom stereocenters. The number of hydrogen-bond acceptors (Lipinski definition) is 3. The summed E-state index contributed by atoms with van der Waals surface area (Å²) in [4.78, 5) is 0.400. The van der Waals surface area contributed by atoms with Gasteiger partial charge in [0, 0.05) is 0 Å². The Morgan fingerprint density at radius 3 is 2.57 bits per heavy atom. The molecule has 0 bridgehead atoms. The van der Waals surface area contributed by atoms with Crippen LogP contribution in [0.5, 0.6) is 11.5 Å². The van der Waals surface area contributed by atoms with Crippen molar-refractivity contribution in [2.45, 2.75) is 11.8 Å². The van der Waals surface area contributed by atoms with E-state index in [0.717, 1.165) is 0 Å². The predicted molar refractivity (Wildman–Crippen MR) is 54.8 cm³/mol. The standard InChI is InChI=1S/C9H13NO3S/c1-3-13-8-6-4-5-7(12-2)9(8)14(10)11/h4-6H,3,10H2,1-2H3. The summed E-state index contributed by atoms with van der Waals surface area (Å²) in [7, 11) is -0.102. The second-order valence-electron chi connectivity index (χ2n) is 2.52. The summed E-state index contributed by atoms with van der Waals surface area (Å²) in [6, 6.07) is 5.18. The molecule has 0 saturated carbocycles. The van der Waals surface area contributed by atoms with E-state index in [-0.39, 0.29) is 0 Å². The highest BCUT2D eigenvalue weighted by Gasteiger charge is 2.13. The second kappa shape index (κ2) is 4.97. The first-order valence-electron chi connectivity index (χ1n) is 4.16. The van der Waals surface area contributed by atoms with Crippen LogP contribution >= 0.6 is 0 Å². The maximum absolute atomic E-state index is 11.2. The van der Waals surface area contributed by atoms with Crippen molar-refractivity contribution in [2.24, 2.45) is 5.14 Å². The summed E-state index contributed by atoms with van der Waals surface area (Å²) in [5, 5.41) is 5.33. The minimum absolute atomic E-state index is 0.400. The van der Waals surface area contributed by atoms with Gasteiger partial charge in [-0.3, -0.25) is 0 Å². The van der Waals surface area contributed by atoms with Gasteiger partial charge in [0.15, 0.2) is 0 Å². The number of rotatable bonds is 4. The molecule has 14 heavy (non-hydrogen) atoms. The lowest BCUT2D eigenvalue weighted by atomic mass is 10.3. The lowest BCUT2D eigenvalue weighted by Gasteiger charge is -2.11. The van der Waals surface area contributed by atoms with Crippen molar-refractivity contribution in [3.05, 3.63) is 18.2 Å². The van der Waals surface area contributed by atoms with Gasteiger partial charge in [-0.2, -0.15) is 0 Å². The molecule has 0 spiro atoms. The molecule has 0 saturated heterocycles. The highest BCUT2D eigenvalue weighted by molar-refractivity contribution is 7.83.